The van der Waals surface area contributed by atoms with Gasteiger partial charge in [0.15, 0.2) is 18.7 Å². The fourth-order valence-corrected chi connectivity index (χ4v) is 5.86. The largest absolute Gasteiger partial charge is 0.462 e. The summed E-state index contributed by atoms with van der Waals surface area (Å²) in [7, 11) is 0. The summed E-state index contributed by atoms with van der Waals surface area (Å²) < 4.78 is 38.6. The van der Waals surface area contributed by atoms with E-state index in [4.69, 9.17) is 33.2 Å². The van der Waals surface area contributed by atoms with Crippen LogP contribution in [-0.2, 0) is 61.9 Å². The van der Waals surface area contributed by atoms with E-state index in [1.165, 1.54) is 41.5 Å². The van der Waals surface area contributed by atoms with E-state index < -0.39 is 147 Å². The Bertz CT molecular complexity index is 1250. The number of rotatable bonds is 18. The van der Waals surface area contributed by atoms with Crippen LogP contribution in [0.4, 0.5) is 0 Å². The number of ether oxygens (including phenoxy) is 7. The molecule has 0 aliphatic carbocycles. The minimum atomic E-state index is -1.90. The highest BCUT2D eigenvalue weighted by Crippen LogP contribution is 2.31. The van der Waals surface area contributed by atoms with Gasteiger partial charge in [0, 0.05) is 19.8 Å². The Morgan fingerprint density at radius 2 is 1.21 bits per heavy atom. The van der Waals surface area contributed by atoms with E-state index in [1.54, 1.807) is 6.92 Å². The van der Waals surface area contributed by atoms with Crippen molar-refractivity contribution in [1.82, 2.24) is 10.6 Å². The molecule has 2 rings (SSSR count). The number of aliphatic hydroxyl groups is 5. The predicted octanol–water partition coefficient (Wildman–Crippen LogP) is -2.55. The van der Waals surface area contributed by atoms with E-state index in [9.17, 15) is 54.3 Å². The highest BCUT2D eigenvalue weighted by atomic mass is 16.7. The molecule has 0 radical (unpaired) electrons. The number of nitrogens with one attached hydrogen (secondary N) is 2. The van der Waals surface area contributed by atoms with Crippen molar-refractivity contribution in [2.24, 2.45) is 5.92 Å². The fraction of sp³-hybridized carbons (Fsp3) is 0.818. The molecule has 2 aliphatic heterocycles. The second kappa shape index (κ2) is 21.4. The Hall–Kier alpha value is -3.50. The van der Waals surface area contributed by atoms with Gasteiger partial charge in [0.25, 0.3) is 0 Å². The smallest absolute Gasteiger partial charge is 0.309 e. The Morgan fingerprint density at radius 3 is 1.75 bits per heavy atom. The molecule has 304 valence electrons. The van der Waals surface area contributed by atoms with Gasteiger partial charge in [0.2, 0.25) is 11.8 Å². The first kappa shape index (κ1) is 45.7. The predicted molar refractivity (Wildman–Crippen MR) is 176 cm³/mol. The molecule has 0 bridgehead atoms. The van der Waals surface area contributed by atoms with Crippen molar-refractivity contribution in [3.05, 3.63) is 0 Å². The van der Waals surface area contributed by atoms with Crippen LogP contribution in [0, 0.1) is 5.92 Å². The van der Waals surface area contributed by atoms with Crippen LogP contribution in [0.3, 0.4) is 0 Å². The summed E-state index contributed by atoms with van der Waals surface area (Å²) in [6.07, 6.45) is -16.2. The number of carbonyl (C=O) groups excluding carboxylic acids is 6. The zero-order chi connectivity index (χ0) is 40.2. The number of amides is 2. The normalized spacial score (nSPS) is 30.8. The van der Waals surface area contributed by atoms with Gasteiger partial charge in [-0.2, -0.15) is 0 Å². The molecule has 2 saturated heterocycles. The Kier molecular flexibility index (Phi) is 18.4. The van der Waals surface area contributed by atoms with E-state index in [2.05, 4.69) is 10.6 Å². The lowest BCUT2D eigenvalue weighted by molar-refractivity contribution is -0.294. The molecule has 0 aromatic rings. The van der Waals surface area contributed by atoms with E-state index in [1.807, 2.05) is 0 Å². The molecular formula is C33H54N2O18. The maximum Gasteiger partial charge on any atom is 0.309 e. The maximum absolute atomic E-state index is 13.2. The number of hydrogen-bond donors (Lipinski definition) is 7. The minimum absolute atomic E-state index is 0.330. The molecule has 20 heteroatoms. The van der Waals surface area contributed by atoms with Gasteiger partial charge in [-0.3, -0.25) is 28.8 Å². The molecular weight excluding hydrogens is 712 g/mol. The highest BCUT2D eigenvalue weighted by Gasteiger charge is 2.51. The third-order valence-corrected chi connectivity index (χ3v) is 8.15. The van der Waals surface area contributed by atoms with Crippen LogP contribution >= 0.6 is 0 Å². The summed E-state index contributed by atoms with van der Waals surface area (Å²) in [6.45, 7) is 8.27. The van der Waals surface area contributed by atoms with Crippen molar-refractivity contribution < 1.29 is 87.5 Å². The van der Waals surface area contributed by atoms with E-state index in [0.29, 0.717) is 0 Å². The third-order valence-electron chi connectivity index (χ3n) is 8.15. The van der Waals surface area contributed by atoms with Crippen LogP contribution in [0.5, 0.6) is 0 Å². The third kappa shape index (κ3) is 15.0. The molecule has 2 heterocycles. The first-order chi connectivity index (χ1) is 24.7. The quantitative estimate of drug-likeness (QED) is 0.0558. The molecule has 14 unspecified atom stereocenters. The number of esters is 4. The summed E-state index contributed by atoms with van der Waals surface area (Å²) in [4.78, 5) is 74.0. The number of aliphatic hydroxyl groups excluding tert-OH is 5. The average molecular weight is 767 g/mol. The van der Waals surface area contributed by atoms with E-state index in [0.717, 1.165) is 0 Å². The Labute approximate surface area is 306 Å². The van der Waals surface area contributed by atoms with Gasteiger partial charge >= 0.3 is 23.9 Å². The lowest BCUT2D eigenvalue weighted by Gasteiger charge is -2.46. The second-order valence-electron chi connectivity index (χ2n) is 13.4. The average Bonchev–Trinajstić information content (AvgIpc) is 3.00. The molecule has 0 saturated carbocycles. The van der Waals surface area contributed by atoms with Crippen LogP contribution in [0.25, 0.3) is 0 Å². The zero-order valence-corrected chi connectivity index (χ0v) is 30.9. The number of carbonyl (C=O) groups is 6. The van der Waals surface area contributed by atoms with Gasteiger partial charge in [0.1, 0.15) is 42.6 Å². The Balaban J connectivity index is 2.39. The van der Waals surface area contributed by atoms with Crippen molar-refractivity contribution in [3.8, 4) is 0 Å². The van der Waals surface area contributed by atoms with Crippen molar-refractivity contribution in [1.29, 1.82) is 0 Å². The molecule has 2 aliphatic rings. The standard InChI is InChI=1S/C33H54N2O18/c1-14(37)8-23(41)34-27-31(53-25(43)9-15(2)38)29(45)22(50-32(27)46)13-47-33-28(35-24(42)10-16(3)48-19(6)39)30(18(5)21(12-36)51-33)52-26(44)11-17(4)49-20(7)40/h14-18,21-22,27-33,36-38,45-46H,8-13H2,1-7H3,(H,34,41)(H,35,42). The van der Waals surface area contributed by atoms with E-state index in [-0.39, 0.29) is 12.8 Å². The fourth-order valence-electron chi connectivity index (χ4n) is 5.86. The van der Waals surface area contributed by atoms with Gasteiger partial charge in [-0.25, -0.2) is 0 Å². The highest BCUT2D eigenvalue weighted by molar-refractivity contribution is 5.78. The van der Waals surface area contributed by atoms with Gasteiger partial charge in [-0.05, 0) is 27.7 Å². The lowest BCUT2D eigenvalue weighted by atomic mass is 9.88. The molecule has 0 aromatic carbocycles. The van der Waals surface area contributed by atoms with Crippen LogP contribution in [0.1, 0.15) is 74.1 Å². The first-order valence-electron chi connectivity index (χ1n) is 17.3. The van der Waals surface area contributed by atoms with E-state index >= 15 is 0 Å². The van der Waals surface area contributed by atoms with Crippen LogP contribution in [0.15, 0.2) is 0 Å². The SMILES string of the molecule is CC(=O)OC(C)CC(=O)NC1C(OCC2OC(O)C(NC(=O)CC(C)O)C(OC(=O)CC(C)O)C2O)OC(CO)C(C)C1OC(=O)CC(C)OC(C)=O. The molecule has 0 spiro atoms. The van der Waals surface area contributed by atoms with Gasteiger partial charge in [-0.1, -0.05) is 6.92 Å². The summed E-state index contributed by atoms with van der Waals surface area (Å²) in [5, 5.41) is 56.6. The second-order valence-corrected chi connectivity index (χ2v) is 13.4. The van der Waals surface area contributed by atoms with Crippen LogP contribution < -0.4 is 10.6 Å². The van der Waals surface area contributed by atoms with Crippen LogP contribution in [-0.4, -0.2) is 154 Å². The van der Waals surface area contributed by atoms with Gasteiger partial charge < -0.3 is 69.3 Å². The summed E-state index contributed by atoms with van der Waals surface area (Å²) in [5.74, 6) is -5.30. The van der Waals surface area contributed by atoms with Crippen molar-refractivity contribution in [3.63, 3.8) is 0 Å². The van der Waals surface area contributed by atoms with Gasteiger partial charge in [-0.15, -0.1) is 0 Å². The molecule has 0 aromatic heterocycles. The topological polar surface area (TPSA) is 292 Å². The summed E-state index contributed by atoms with van der Waals surface area (Å²) in [5.41, 5.74) is 0. The molecule has 20 nitrogen and oxygen atoms in total. The summed E-state index contributed by atoms with van der Waals surface area (Å²) >= 11 is 0. The Morgan fingerprint density at radius 1 is 0.698 bits per heavy atom. The van der Waals surface area contributed by atoms with Gasteiger partial charge in [0.05, 0.1) is 57.2 Å². The maximum atomic E-state index is 13.2. The summed E-state index contributed by atoms with van der Waals surface area (Å²) in [6, 6.07) is -2.84. The van der Waals surface area contributed by atoms with Crippen molar-refractivity contribution in [2.75, 3.05) is 13.2 Å². The molecule has 53 heavy (non-hydrogen) atoms. The number of hydrogen-bond acceptors (Lipinski definition) is 18. The first-order valence-corrected chi connectivity index (χ1v) is 17.3. The van der Waals surface area contributed by atoms with Crippen LogP contribution in [0.2, 0.25) is 0 Å². The lowest BCUT2D eigenvalue weighted by Crippen LogP contribution is -2.66. The molecule has 7 N–H and O–H groups in total. The molecule has 2 amide bonds. The van der Waals surface area contributed by atoms with Crippen molar-refractivity contribution in [2.45, 2.75) is 154 Å². The minimum Gasteiger partial charge on any atom is -0.462 e. The molecule has 14 atom stereocenters. The molecule has 2 fully saturated rings. The zero-order valence-electron chi connectivity index (χ0n) is 30.9. The monoisotopic (exact) mass is 766 g/mol. The van der Waals surface area contributed by atoms with Crippen molar-refractivity contribution >= 4 is 35.7 Å².